The number of carbonyl (C=O) groups is 4. The van der Waals surface area contributed by atoms with Gasteiger partial charge >= 0.3 is 11.9 Å². The molecule has 0 saturated carbocycles. The highest BCUT2D eigenvalue weighted by Gasteiger charge is 2.19. The maximum absolute atomic E-state index is 12.1. The van der Waals surface area contributed by atoms with Gasteiger partial charge < -0.3 is 20.5 Å². The normalized spacial score (nSPS) is 11.6. The lowest BCUT2D eigenvalue weighted by Gasteiger charge is -2.13. The molecule has 0 heterocycles. The van der Waals surface area contributed by atoms with E-state index in [0.29, 0.717) is 5.69 Å². The van der Waals surface area contributed by atoms with Gasteiger partial charge in [-0.05, 0) is 37.6 Å². The van der Waals surface area contributed by atoms with Crippen molar-refractivity contribution in [3.05, 3.63) is 42.0 Å². The summed E-state index contributed by atoms with van der Waals surface area (Å²) in [6.45, 7) is 3.24. The molecule has 0 radical (unpaired) electrons. The van der Waals surface area contributed by atoms with Crippen LogP contribution in [0.5, 0.6) is 0 Å². The first-order valence-electron chi connectivity index (χ1n) is 7.58. The lowest BCUT2D eigenvalue weighted by molar-refractivity contribution is -0.139. The van der Waals surface area contributed by atoms with Gasteiger partial charge in [-0.1, -0.05) is 6.08 Å². The molecule has 0 spiro atoms. The Balaban J connectivity index is 2.68. The highest BCUT2D eigenvalue weighted by molar-refractivity contribution is 5.97. The van der Waals surface area contributed by atoms with Gasteiger partial charge in [0, 0.05) is 24.3 Å². The zero-order valence-corrected chi connectivity index (χ0v) is 13.9. The average Bonchev–Trinajstić information content (AvgIpc) is 2.54. The van der Waals surface area contributed by atoms with E-state index in [2.05, 4.69) is 15.4 Å². The summed E-state index contributed by atoms with van der Waals surface area (Å²) >= 11 is 0. The topological polar surface area (TPSA) is 122 Å². The molecular formula is C17H20N2O6. The predicted molar refractivity (Wildman–Crippen MR) is 90.0 cm³/mol. The molecule has 0 aliphatic heterocycles. The van der Waals surface area contributed by atoms with E-state index in [1.54, 1.807) is 6.92 Å². The second-order valence-corrected chi connectivity index (χ2v) is 5.01. The quantitative estimate of drug-likeness (QED) is 0.481. The highest BCUT2D eigenvalue weighted by atomic mass is 16.5. The van der Waals surface area contributed by atoms with Crippen LogP contribution in [0.4, 0.5) is 5.69 Å². The summed E-state index contributed by atoms with van der Waals surface area (Å²) < 4.78 is 4.68. The third kappa shape index (κ3) is 7.30. The Labute approximate surface area is 144 Å². The third-order valence-electron chi connectivity index (χ3n) is 2.98. The van der Waals surface area contributed by atoms with E-state index in [4.69, 9.17) is 5.11 Å². The lowest BCUT2D eigenvalue weighted by Crippen LogP contribution is -2.40. The number of aliphatic carboxylic acids is 1. The molecule has 0 unspecified atom stereocenters. The summed E-state index contributed by atoms with van der Waals surface area (Å²) in [6.07, 6.45) is 2.38. The number of carboxylic acids is 1. The Morgan fingerprint density at radius 1 is 1.20 bits per heavy atom. The molecule has 0 bridgehead atoms. The molecule has 1 aromatic carbocycles. The molecule has 8 heteroatoms. The second-order valence-electron chi connectivity index (χ2n) is 5.01. The highest BCUT2D eigenvalue weighted by Crippen LogP contribution is 2.10. The Morgan fingerprint density at radius 3 is 2.36 bits per heavy atom. The van der Waals surface area contributed by atoms with Crippen LogP contribution in [0.2, 0.25) is 0 Å². The zero-order chi connectivity index (χ0) is 18.8. The predicted octanol–water partition coefficient (Wildman–Crippen LogP) is 1.34. The smallest absolute Gasteiger partial charge is 0.330 e. The van der Waals surface area contributed by atoms with E-state index in [1.807, 2.05) is 0 Å². The van der Waals surface area contributed by atoms with Crippen LogP contribution in [0, 0.1) is 0 Å². The molecule has 0 saturated heterocycles. The van der Waals surface area contributed by atoms with Crippen LogP contribution < -0.4 is 10.6 Å². The number of hydrogen-bond donors (Lipinski definition) is 3. The summed E-state index contributed by atoms with van der Waals surface area (Å²) in [4.78, 5) is 45.5. The van der Waals surface area contributed by atoms with E-state index in [0.717, 1.165) is 6.08 Å². The van der Waals surface area contributed by atoms with Gasteiger partial charge in [0.15, 0.2) is 0 Å². The molecule has 1 atom stereocenters. The van der Waals surface area contributed by atoms with Crippen molar-refractivity contribution in [1.82, 2.24) is 5.32 Å². The lowest BCUT2D eigenvalue weighted by atomic mass is 10.1. The number of ether oxygens (including phenoxy) is 1. The third-order valence-corrected chi connectivity index (χ3v) is 2.98. The molecule has 1 rings (SSSR count). The number of nitrogens with one attached hydrogen (secondary N) is 2. The van der Waals surface area contributed by atoms with Gasteiger partial charge in [0.25, 0.3) is 5.91 Å². The van der Waals surface area contributed by atoms with Gasteiger partial charge in [0.2, 0.25) is 5.91 Å². The van der Waals surface area contributed by atoms with Crippen LogP contribution in [-0.4, -0.2) is 41.5 Å². The fraction of sp³-hybridized carbons (Fsp3) is 0.294. The number of benzene rings is 1. The maximum atomic E-state index is 12.1. The second kappa shape index (κ2) is 9.86. The Morgan fingerprint density at radius 2 is 1.84 bits per heavy atom. The van der Waals surface area contributed by atoms with Crippen molar-refractivity contribution < 1.29 is 29.0 Å². The van der Waals surface area contributed by atoms with E-state index >= 15 is 0 Å². The van der Waals surface area contributed by atoms with Crippen molar-refractivity contribution in [1.29, 1.82) is 0 Å². The fourth-order valence-electron chi connectivity index (χ4n) is 1.86. The largest absolute Gasteiger partial charge is 0.480 e. The number of rotatable bonds is 8. The van der Waals surface area contributed by atoms with Gasteiger partial charge in [-0.15, -0.1) is 0 Å². The minimum absolute atomic E-state index is 0.0656. The first-order valence-corrected chi connectivity index (χ1v) is 7.58. The molecule has 0 aliphatic rings. The molecule has 1 aromatic rings. The summed E-state index contributed by atoms with van der Waals surface area (Å²) in [5, 5.41) is 14.1. The summed E-state index contributed by atoms with van der Waals surface area (Å²) in [6, 6.07) is 4.81. The summed E-state index contributed by atoms with van der Waals surface area (Å²) in [5.41, 5.74) is 0.769. The van der Waals surface area contributed by atoms with Gasteiger partial charge in [-0.2, -0.15) is 0 Å². The number of anilines is 1. The van der Waals surface area contributed by atoms with Crippen LogP contribution in [-0.2, 0) is 19.1 Å². The number of hydrogen-bond acceptors (Lipinski definition) is 5. The van der Waals surface area contributed by atoms with Crippen molar-refractivity contribution in [3.63, 3.8) is 0 Å². The molecule has 3 N–H and O–H groups in total. The first kappa shape index (κ1) is 19.9. The standard InChI is InChI=1S/C17H20N2O6/c1-3-25-15(21)6-4-5-14(17(23)24)19-16(22)12-7-9-13(10-8-12)18-11(2)20/h4,6-10,14H,3,5H2,1-2H3,(H,18,20)(H,19,22)(H,23,24)/b6-4+/t14-/m1/s1. The number of esters is 1. The van der Waals surface area contributed by atoms with Gasteiger partial charge in [0.1, 0.15) is 6.04 Å². The summed E-state index contributed by atoms with van der Waals surface area (Å²) in [5.74, 6) is -2.62. The molecule has 2 amide bonds. The minimum Gasteiger partial charge on any atom is -0.480 e. The van der Waals surface area contributed by atoms with Crippen LogP contribution >= 0.6 is 0 Å². The first-order chi connectivity index (χ1) is 11.8. The maximum Gasteiger partial charge on any atom is 0.330 e. The monoisotopic (exact) mass is 348 g/mol. The van der Waals surface area contributed by atoms with Gasteiger partial charge in [-0.3, -0.25) is 9.59 Å². The van der Waals surface area contributed by atoms with Crippen molar-refractivity contribution in [2.45, 2.75) is 26.3 Å². The van der Waals surface area contributed by atoms with Crippen molar-refractivity contribution in [2.24, 2.45) is 0 Å². The van der Waals surface area contributed by atoms with Gasteiger partial charge in [-0.25, -0.2) is 9.59 Å². The number of carbonyl (C=O) groups excluding carboxylic acids is 3. The van der Waals surface area contributed by atoms with Gasteiger partial charge in [0.05, 0.1) is 6.61 Å². The van der Waals surface area contributed by atoms with Crippen LogP contribution in [0.3, 0.4) is 0 Å². The molecule has 0 fully saturated rings. The summed E-state index contributed by atoms with van der Waals surface area (Å²) in [7, 11) is 0. The number of amides is 2. The molecule has 0 aromatic heterocycles. The van der Waals surface area contributed by atoms with Crippen LogP contribution in [0.25, 0.3) is 0 Å². The Hall–Kier alpha value is -3.16. The molecule has 0 aliphatic carbocycles. The average molecular weight is 348 g/mol. The van der Waals surface area contributed by atoms with E-state index in [9.17, 15) is 19.2 Å². The van der Waals surface area contributed by atoms with E-state index in [1.165, 1.54) is 37.3 Å². The Bertz CT molecular complexity index is 666. The molecule has 8 nitrogen and oxygen atoms in total. The van der Waals surface area contributed by atoms with E-state index < -0.39 is 23.9 Å². The van der Waals surface area contributed by atoms with Crippen LogP contribution in [0.15, 0.2) is 36.4 Å². The van der Waals surface area contributed by atoms with Crippen molar-refractivity contribution >= 4 is 29.4 Å². The molecule has 134 valence electrons. The molecular weight excluding hydrogens is 328 g/mol. The minimum atomic E-state index is -1.23. The number of carboxylic acid groups (broad SMARTS) is 1. The van der Waals surface area contributed by atoms with Crippen molar-refractivity contribution in [2.75, 3.05) is 11.9 Å². The van der Waals surface area contributed by atoms with E-state index in [-0.39, 0.29) is 24.5 Å². The zero-order valence-electron chi connectivity index (χ0n) is 13.9. The Kier molecular flexibility index (Phi) is 7.85. The SMILES string of the molecule is CCOC(=O)/C=C/C[C@@H](NC(=O)c1ccc(NC(C)=O)cc1)C(=O)O. The fourth-order valence-corrected chi connectivity index (χ4v) is 1.86. The van der Waals surface area contributed by atoms with Crippen molar-refractivity contribution in [3.8, 4) is 0 Å². The molecule has 25 heavy (non-hydrogen) atoms. The van der Waals surface area contributed by atoms with Crippen LogP contribution in [0.1, 0.15) is 30.6 Å².